The lowest BCUT2D eigenvalue weighted by atomic mass is 9.36. The molecule has 1 aromatic heterocycles. The number of esters is 2. The number of ether oxygens (including phenoxy) is 4. The summed E-state index contributed by atoms with van der Waals surface area (Å²) in [7, 11) is 0. The molecule has 5 aliphatic heterocycles. The number of fused-ring (bicyclic) bond motifs is 1. The van der Waals surface area contributed by atoms with Gasteiger partial charge >= 0.3 is 11.9 Å². The minimum absolute atomic E-state index is 0.0608. The van der Waals surface area contributed by atoms with Crippen LogP contribution in [0.3, 0.4) is 0 Å². The number of ketones is 1. The summed E-state index contributed by atoms with van der Waals surface area (Å²) in [5, 5.41) is 19.3. The molecule has 5 saturated heterocycles. The molecule has 288 valence electrons. The Morgan fingerprint density at radius 3 is 2.62 bits per heavy atom. The Bertz CT molecular complexity index is 1560. The van der Waals surface area contributed by atoms with Crippen LogP contribution in [0.15, 0.2) is 16.7 Å². The lowest BCUT2D eigenvalue weighted by Gasteiger charge is -2.66. The van der Waals surface area contributed by atoms with E-state index < -0.39 is 63.8 Å². The van der Waals surface area contributed by atoms with Crippen LogP contribution in [0.4, 0.5) is 0 Å². The Morgan fingerprint density at radius 1 is 1.04 bits per heavy atom. The predicted octanol–water partition coefficient (Wildman–Crippen LogP) is 5.32. The lowest BCUT2D eigenvalue weighted by Crippen LogP contribution is -2.76. The molecule has 3 N–H and O–H groups in total. The number of hydrogen-bond donors (Lipinski definition) is 3. The van der Waals surface area contributed by atoms with Crippen molar-refractivity contribution in [1.29, 1.82) is 0 Å². The third kappa shape index (κ3) is 5.11. The fraction of sp³-hybridized carbons (Fsp3) is 0.829. The zero-order chi connectivity index (χ0) is 36.7. The number of unbranched alkanes of at least 4 members (excludes halogenated alkanes) is 3. The number of nitrogens with one attached hydrogen (secondary N) is 2. The van der Waals surface area contributed by atoms with E-state index in [1.807, 2.05) is 19.9 Å². The molecule has 13 unspecified atom stereocenters. The summed E-state index contributed by atoms with van der Waals surface area (Å²) in [4.78, 5) is 41.7. The molecule has 2 aliphatic carbocycles. The van der Waals surface area contributed by atoms with Gasteiger partial charge in [-0.3, -0.25) is 9.59 Å². The second-order valence-corrected chi connectivity index (χ2v) is 18.2. The Morgan fingerprint density at radius 2 is 1.85 bits per heavy atom. The molecule has 8 rings (SSSR count). The zero-order valence-electron chi connectivity index (χ0n) is 31.8. The van der Waals surface area contributed by atoms with E-state index in [-0.39, 0.29) is 30.7 Å². The highest BCUT2D eigenvalue weighted by atomic mass is 16.7. The number of hydrogen-bond acceptors (Lipinski definition) is 11. The van der Waals surface area contributed by atoms with Crippen LogP contribution in [0.5, 0.6) is 0 Å². The van der Waals surface area contributed by atoms with Gasteiger partial charge in [0.15, 0.2) is 11.9 Å². The van der Waals surface area contributed by atoms with Gasteiger partial charge in [0, 0.05) is 47.5 Å². The van der Waals surface area contributed by atoms with Gasteiger partial charge in [0.1, 0.15) is 30.2 Å². The first-order chi connectivity index (χ1) is 24.9. The maximum atomic E-state index is 15.0. The van der Waals surface area contributed by atoms with Crippen molar-refractivity contribution in [2.45, 2.75) is 160 Å². The fourth-order valence-electron chi connectivity index (χ4n) is 12.8. The van der Waals surface area contributed by atoms with Crippen LogP contribution in [-0.4, -0.2) is 78.2 Å². The van der Waals surface area contributed by atoms with E-state index in [0.717, 1.165) is 69.5 Å². The SMILES string of the molecule is CCCC(C)CCC1(C)OC2CC(=O)OCC23C1C(=O)C(O)C1(C)C3CCC2(C)C(c3ccoc3CCCCCCC3CNCN3)OC(=O)C3OC321. The van der Waals surface area contributed by atoms with Crippen LogP contribution in [0.1, 0.15) is 129 Å². The van der Waals surface area contributed by atoms with E-state index in [4.69, 9.17) is 23.4 Å². The largest absolute Gasteiger partial charge is 0.469 e. The van der Waals surface area contributed by atoms with Crippen molar-refractivity contribution in [1.82, 2.24) is 10.6 Å². The molecule has 0 aromatic carbocycles. The van der Waals surface area contributed by atoms with Gasteiger partial charge in [0.25, 0.3) is 0 Å². The van der Waals surface area contributed by atoms with Crippen LogP contribution < -0.4 is 10.6 Å². The molecule has 11 heteroatoms. The molecule has 7 aliphatic rings. The minimum Gasteiger partial charge on any atom is -0.469 e. The highest BCUT2D eigenvalue weighted by molar-refractivity contribution is 5.92. The molecule has 52 heavy (non-hydrogen) atoms. The molecular formula is C41H60N2O9. The van der Waals surface area contributed by atoms with Crippen molar-refractivity contribution in [2.75, 3.05) is 19.8 Å². The number of epoxide rings is 1. The molecule has 7 fully saturated rings. The predicted molar refractivity (Wildman–Crippen MR) is 190 cm³/mol. The smallest absolute Gasteiger partial charge is 0.339 e. The third-order valence-electron chi connectivity index (χ3n) is 15.3. The highest BCUT2D eigenvalue weighted by Crippen LogP contribution is 2.80. The maximum Gasteiger partial charge on any atom is 0.339 e. The van der Waals surface area contributed by atoms with Gasteiger partial charge in [-0.1, -0.05) is 59.8 Å². The van der Waals surface area contributed by atoms with Gasteiger partial charge in [-0.05, 0) is 63.4 Å². The molecule has 11 nitrogen and oxygen atoms in total. The van der Waals surface area contributed by atoms with Gasteiger partial charge in [-0.2, -0.15) is 0 Å². The second kappa shape index (κ2) is 13.2. The lowest BCUT2D eigenvalue weighted by molar-refractivity contribution is -0.252. The topological polar surface area (TPSA) is 149 Å². The number of rotatable bonds is 13. The van der Waals surface area contributed by atoms with Crippen LogP contribution in [0.25, 0.3) is 0 Å². The first kappa shape index (κ1) is 36.7. The fourth-order valence-corrected chi connectivity index (χ4v) is 12.8. The Hall–Kier alpha value is -2.31. The van der Waals surface area contributed by atoms with Crippen molar-refractivity contribution in [3.63, 3.8) is 0 Å². The van der Waals surface area contributed by atoms with Crippen LogP contribution in [0.2, 0.25) is 0 Å². The summed E-state index contributed by atoms with van der Waals surface area (Å²) in [5.74, 6) is -0.732. The van der Waals surface area contributed by atoms with E-state index >= 15 is 0 Å². The number of cyclic esters (lactones) is 2. The monoisotopic (exact) mass is 724 g/mol. The van der Waals surface area contributed by atoms with Crippen LogP contribution in [0, 0.1) is 34.0 Å². The first-order valence-electron chi connectivity index (χ1n) is 20.3. The number of aryl methyl sites for hydroxylation is 1. The normalized spacial score (nSPS) is 45.3. The Kier molecular flexibility index (Phi) is 9.29. The molecule has 0 amide bonds. The second-order valence-electron chi connectivity index (χ2n) is 18.2. The average Bonchev–Trinajstić information content (AvgIpc) is 3.36. The van der Waals surface area contributed by atoms with Crippen molar-refractivity contribution in [2.24, 2.45) is 34.0 Å². The molecule has 0 radical (unpaired) electrons. The molecule has 6 heterocycles. The summed E-state index contributed by atoms with van der Waals surface area (Å²) in [6, 6.07) is 2.48. The number of carbonyl (C=O) groups is 3. The van der Waals surface area contributed by atoms with E-state index in [9.17, 15) is 19.5 Å². The number of aliphatic hydroxyl groups excluding tert-OH is 1. The van der Waals surface area contributed by atoms with E-state index in [0.29, 0.717) is 31.2 Å². The molecule has 0 bridgehead atoms. The minimum atomic E-state index is -1.39. The van der Waals surface area contributed by atoms with Gasteiger partial charge in [0.05, 0.1) is 30.3 Å². The number of aliphatic hydroxyl groups is 1. The summed E-state index contributed by atoms with van der Waals surface area (Å²) >= 11 is 0. The van der Waals surface area contributed by atoms with Crippen molar-refractivity contribution in [3.05, 3.63) is 23.7 Å². The average molecular weight is 725 g/mol. The first-order valence-corrected chi connectivity index (χ1v) is 20.3. The number of carbonyl (C=O) groups excluding carboxylic acids is 3. The van der Waals surface area contributed by atoms with Gasteiger partial charge in [-0.15, -0.1) is 0 Å². The summed E-state index contributed by atoms with van der Waals surface area (Å²) in [6.45, 7) is 12.5. The van der Waals surface area contributed by atoms with Crippen LogP contribution in [-0.2, 0) is 39.8 Å². The Balaban J connectivity index is 1.09. The van der Waals surface area contributed by atoms with Crippen LogP contribution >= 0.6 is 0 Å². The quantitative estimate of drug-likeness (QED) is 0.138. The van der Waals surface area contributed by atoms with Gasteiger partial charge < -0.3 is 39.1 Å². The number of furan rings is 1. The third-order valence-corrected chi connectivity index (χ3v) is 15.3. The molecule has 13 atom stereocenters. The van der Waals surface area contributed by atoms with Gasteiger partial charge in [0.2, 0.25) is 0 Å². The van der Waals surface area contributed by atoms with Crippen molar-refractivity contribution >= 4 is 17.7 Å². The van der Waals surface area contributed by atoms with E-state index in [2.05, 4.69) is 31.4 Å². The van der Waals surface area contributed by atoms with Crippen molar-refractivity contribution < 1.29 is 42.9 Å². The zero-order valence-corrected chi connectivity index (χ0v) is 31.8. The number of Topliss-reactive ketones (excluding diaryl/α,β-unsaturated/α-hetero) is 1. The molecule has 2 saturated carbocycles. The Labute approximate surface area is 308 Å². The molecule has 2 spiro atoms. The molecule has 1 aromatic rings. The standard InChI is InChI=1S/C41H60N2O9/c1-6-11-24(2)14-18-38(4)32-31(45)33(46)39(5)28(40(32)22-49-30(44)20-29(40)51-38)15-17-37(3)34(50-36(47)35-41(37,39)52-35)26-16-19-48-27(26)13-10-8-7-9-12-25-21-42-23-43-25/h16,19,24-25,28-29,32-35,42-43,46H,6-15,17-18,20-23H2,1-5H3. The highest BCUT2D eigenvalue weighted by Gasteiger charge is 2.91. The maximum absolute atomic E-state index is 15.0. The van der Waals surface area contributed by atoms with Crippen molar-refractivity contribution in [3.8, 4) is 0 Å². The van der Waals surface area contributed by atoms with Gasteiger partial charge in [-0.25, -0.2) is 4.79 Å². The summed E-state index contributed by atoms with van der Waals surface area (Å²) in [5.41, 5.74) is -3.90. The summed E-state index contributed by atoms with van der Waals surface area (Å²) < 4.78 is 31.8. The van der Waals surface area contributed by atoms with E-state index in [1.165, 1.54) is 12.8 Å². The molecular weight excluding hydrogens is 664 g/mol. The summed E-state index contributed by atoms with van der Waals surface area (Å²) in [6.07, 6.45) is 9.52. The van der Waals surface area contributed by atoms with E-state index in [1.54, 1.807) is 6.26 Å².